The van der Waals surface area contributed by atoms with Crippen molar-refractivity contribution in [1.29, 1.82) is 0 Å². The first kappa shape index (κ1) is 21.0. The molecule has 3 rings (SSSR count). The summed E-state index contributed by atoms with van der Waals surface area (Å²) in [5, 5.41) is 9.14. The molecule has 156 valence electrons. The molecule has 0 spiro atoms. The van der Waals surface area contributed by atoms with Crippen LogP contribution < -0.4 is 16.0 Å². The molecule has 29 heavy (non-hydrogen) atoms. The fraction of sp³-hybridized carbons (Fsp3) is 0.421. The first-order valence-electron chi connectivity index (χ1n) is 9.46. The van der Waals surface area contributed by atoms with Gasteiger partial charge >= 0.3 is 0 Å². The third kappa shape index (κ3) is 6.40. The predicted molar refractivity (Wildman–Crippen MR) is 114 cm³/mol. The molecule has 1 amide bonds. The molecular weight excluding hydrogens is 392 g/mol. The van der Waals surface area contributed by atoms with Crippen molar-refractivity contribution < 1.29 is 13.2 Å². The highest BCUT2D eigenvalue weighted by Gasteiger charge is 2.25. The van der Waals surface area contributed by atoms with Crippen molar-refractivity contribution >= 4 is 39.1 Å². The Bertz CT molecular complexity index is 966. The number of benzene rings is 1. The number of carbonyl (C=O) groups is 1. The van der Waals surface area contributed by atoms with Crippen LogP contribution in [0.25, 0.3) is 0 Å². The minimum Gasteiger partial charge on any atom is -0.370 e. The molecule has 1 aliphatic rings. The zero-order chi connectivity index (χ0) is 20.9. The second-order valence-electron chi connectivity index (χ2n) is 7.16. The van der Waals surface area contributed by atoms with Gasteiger partial charge in [-0.05, 0) is 43.0 Å². The van der Waals surface area contributed by atoms with E-state index in [2.05, 4.69) is 25.9 Å². The lowest BCUT2D eigenvalue weighted by Gasteiger charge is -2.31. The summed E-state index contributed by atoms with van der Waals surface area (Å²) in [6.45, 7) is 3.22. The number of rotatable bonds is 7. The van der Waals surface area contributed by atoms with Crippen LogP contribution in [0.4, 0.5) is 23.1 Å². The quantitative estimate of drug-likeness (QED) is 0.631. The molecule has 1 aliphatic heterocycles. The molecule has 0 radical (unpaired) electrons. The Kier molecular flexibility index (Phi) is 6.65. The van der Waals surface area contributed by atoms with E-state index >= 15 is 0 Å². The molecule has 0 bridgehead atoms. The number of anilines is 4. The third-order valence-corrected chi connectivity index (χ3v) is 5.89. The molecule has 1 aromatic heterocycles. The maximum Gasteiger partial charge on any atom is 0.229 e. The summed E-state index contributed by atoms with van der Waals surface area (Å²) in [5.41, 5.74) is 1.44. The number of piperidine rings is 1. The van der Waals surface area contributed by atoms with E-state index in [1.807, 2.05) is 12.1 Å². The van der Waals surface area contributed by atoms with Crippen molar-refractivity contribution in [3.05, 3.63) is 36.5 Å². The van der Waals surface area contributed by atoms with Crippen molar-refractivity contribution in [2.24, 2.45) is 5.92 Å². The van der Waals surface area contributed by atoms with Gasteiger partial charge in [0.2, 0.25) is 21.9 Å². The lowest BCUT2D eigenvalue weighted by atomic mass is 10.00. The molecule has 1 aromatic carbocycles. The Balaban J connectivity index is 1.59. The van der Waals surface area contributed by atoms with E-state index in [0.29, 0.717) is 37.1 Å². The van der Waals surface area contributed by atoms with Crippen molar-refractivity contribution in [2.45, 2.75) is 19.8 Å². The van der Waals surface area contributed by atoms with E-state index in [0.717, 1.165) is 18.5 Å². The number of hydrogen-bond donors (Lipinski definition) is 3. The summed E-state index contributed by atoms with van der Waals surface area (Å²) in [7, 11) is -3.15. The van der Waals surface area contributed by atoms with E-state index < -0.39 is 10.0 Å². The molecule has 0 aliphatic carbocycles. The molecule has 2 aromatic rings. The monoisotopic (exact) mass is 418 g/mol. The van der Waals surface area contributed by atoms with Crippen LogP contribution in [-0.4, -0.2) is 54.5 Å². The van der Waals surface area contributed by atoms with Crippen LogP contribution in [0.15, 0.2) is 36.5 Å². The zero-order valence-corrected chi connectivity index (χ0v) is 17.4. The SMILES string of the molecule is CC(=O)Nc1cccc(Nc2nccc(NCC3CCCN(S(C)(=O)=O)C3)n2)c1. The molecule has 2 heterocycles. The van der Waals surface area contributed by atoms with E-state index in [4.69, 9.17) is 0 Å². The number of aromatic nitrogens is 2. The molecular formula is C19H26N6O3S. The lowest BCUT2D eigenvalue weighted by Crippen LogP contribution is -2.41. The Labute approximate surface area is 171 Å². The molecule has 10 heteroatoms. The first-order valence-corrected chi connectivity index (χ1v) is 11.3. The normalized spacial score (nSPS) is 17.5. The van der Waals surface area contributed by atoms with Gasteiger partial charge < -0.3 is 16.0 Å². The zero-order valence-electron chi connectivity index (χ0n) is 16.6. The van der Waals surface area contributed by atoms with Crippen LogP contribution in [-0.2, 0) is 14.8 Å². The van der Waals surface area contributed by atoms with Crippen molar-refractivity contribution in [3.8, 4) is 0 Å². The van der Waals surface area contributed by atoms with Crippen LogP contribution >= 0.6 is 0 Å². The van der Waals surface area contributed by atoms with Gasteiger partial charge in [0, 0.05) is 44.1 Å². The van der Waals surface area contributed by atoms with E-state index in [-0.39, 0.29) is 11.8 Å². The van der Waals surface area contributed by atoms with Gasteiger partial charge in [-0.1, -0.05) is 6.07 Å². The molecule has 9 nitrogen and oxygen atoms in total. The lowest BCUT2D eigenvalue weighted by molar-refractivity contribution is -0.114. The second kappa shape index (κ2) is 9.19. The van der Waals surface area contributed by atoms with Crippen LogP contribution in [0.5, 0.6) is 0 Å². The maximum atomic E-state index is 11.8. The van der Waals surface area contributed by atoms with Gasteiger partial charge in [0.05, 0.1) is 6.26 Å². The number of nitrogens with zero attached hydrogens (tertiary/aromatic N) is 3. The molecule has 3 N–H and O–H groups in total. The van der Waals surface area contributed by atoms with E-state index in [1.54, 1.807) is 24.4 Å². The number of carbonyl (C=O) groups excluding carboxylic acids is 1. The number of hydrogen-bond acceptors (Lipinski definition) is 7. The fourth-order valence-electron chi connectivity index (χ4n) is 3.27. The maximum absolute atomic E-state index is 11.8. The summed E-state index contributed by atoms with van der Waals surface area (Å²) in [6.07, 6.45) is 4.75. The third-order valence-electron chi connectivity index (χ3n) is 4.62. The summed E-state index contributed by atoms with van der Waals surface area (Å²) >= 11 is 0. The summed E-state index contributed by atoms with van der Waals surface area (Å²) in [5.74, 6) is 1.19. The Morgan fingerprint density at radius 1 is 1.28 bits per heavy atom. The highest BCUT2D eigenvalue weighted by molar-refractivity contribution is 7.88. The average Bonchev–Trinajstić information content (AvgIpc) is 2.66. The van der Waals surface area contributed by atoms with Crippen LogP contribution in [0.1, 0.15) is 19.8 Å². The Morgan fingerprint density at radius 2 is 2.07 bits per heavy atom. The predicted octanol–water partition coefficient (Wildman–Crippen LogP) is 2.26. The van der Waals surface area contributed by atoms with Gasteiger partial charge in [-0.3, -0.25) is 4.79 Å². The van der Waals surface area contributed by atoms with Crippen molar-refractivity contribution in [1.82, 2.24) is 14.3 Å². The van der Waals surface area contributed by atoms with E-state index in [1.165, 1.54) is 17.5 Å². The molecule has 0 saturated carbocycles. The van der Waals surface area contributed by atoms with Crippen molar-refractivity contribution in [3.63, 3.8) is 0 Å². The molecule has 1 saturated heterocycles. The van der Waals surface area contributed by atoms with Crippen LogP contribution in [0.2, 0.25) is 0 Å². The minimum atomic E-state index is -3.15. The number of nitrogens with one attached hydrogen (secondary N) is 3. The molecule has 1 fully saturated rings. The van der Waals surface area contributed by atoms with Gasteiger partial charge in [0.1, 0.15) is 5.82 Å². The number of sulfonamides is 1. The van der Waals surface area contributed by atoms with Gasteiger partial charge in [0.15, 0.2) is 0 Å². The second-order valence-corrected chi connectivity index (χ2v) is 9.15. The molecule has 1 unspecified atom stereocenters. The van der Waals surface area contributed by atoms with Gasteiger partial charge in [-0.2, -0.15) is 4.98 Å². The smallest absolute Gasteiger partial charge is 0.229 e. The largest absolute Gasteiger partial charge is 0.370 e. The summed E-state index contributed by atoms with van der Waals surface area (Å²) < 4.78 is 25.1. The van der Waals surface area contributed by atoms with Crippen LogP contribution in [0.3, 0.4) is 0 Å². The minimum absolute atomic E-state index is 0.137. The van der Waals surface area contributed by atoms with Gasteiger partial charge in [-0.25, -0.2) is 17.7 Å². The topological polar surface area (TPSA) is 116 Å². The van der Waals surface area contributed by atoms with Crippen LogP contribution in [0, 0.1) is 5.92 Å². The highest BCUT2D eigenvalue weighted by atomic mass is 32.2. The summed E-state index contributed by atoms with van der Waals surface area (Å²) in [6, 6.07) is 9.06. The highest BCUT2D eigenvalue weighted by Crippen LogP contribution is 2.21. The standard InChI is InChI=1S/C19H26N6O3S/c1-14(26)22-16-6-3-7-17(11-16)23-19-20-9-8-18(24-19)21-12-15-5-4-10-25(13-15)29(2,27)28/h3,6-9,11,15H,4-5,10,12-13H2,1-2H3,(H,22,26)(H2,20,21,23,24). The number of amides is 1. The fourth-order valence-corrected chi connectivity index (χ4v) is 4.21. The average molecular weight is 419 g/mol. The van der Waals surface area contributed by atoms with Gasteiger partial charge in [-0.15, -0.1) is 0 Å². The van der Waals surface area contributed by atoms with E-state index in [9.17, 15) is 13.2 Å². The summed E-state index contributed by atoms with van der Waals surface area (Å²) in [4.78, 5) is 19.9. The molecule has 1 atom stereocenters. The Hall–Kier alpha value is -2.72. The first-order chi connectivity index (χ1) is 13.8. The van der Waals surface area contributed by atoms with Gasteiger partial charge in [0.25, 0.3) is 0 Å². The Morgan fingerprint density at radius 3 is 2.83 bits per heavy atom. The van der Waals surface area contributed by atoms with Crippen molar-refractivity contribution in [2.75, 3.05) is 41.8 Å².